The van der Waals surface area contributed by atoms with Gasteiger partial charge in [-0.1, -0.05) is 6.92 Å². The average molecular weight is 300 g/mol. The molecule has 0 aromatic carbocycles. The fourth-order valence-corrected chi connectivity index (χ4v) is 1.80. The number of carbonyl (C=O) groups excluding carboxylic acids is 1. The molecule has 5 heteroatoms. The summed E-state index contributed by atoms with van der Waals surface area (Å²) in [4.78, 5) is 19.5. The van der Waals surface area contributed by atoms with E-state index in [9.17, 15) is 4.79 Å². The lowest BCUT2D eigenvalue weighted by atomic mass is 10.3. The van der Waals surface area contributed by atoms with Gasteiger partial charge in [0, 0.05) is 31.3 Å². The lowest BCUT2D eigenvalue weighted by Gasteiger charge is -2.25. The number of amides is 1. The highest BCUT2D eigenvalue weighted by Crippen LogP contribution is 2.18. The predicted octanol–water partition coefficient (Wildman–Crippen LogP) is 2.15. The van der Waals surface area contributed by atoms with Gasteiger partial charge in [-0.3, -0.25) is 9.78 Å². The van der Waals surface area contributed by atoms with Gasteiger partial charge in [0.25, 0.3) is 0 Å². The summed E-state index contributed by atoms with van der Waals surface area (Å²) in [6.45, 7) is 3.33. The van der Waals surface area contributed by atoms with E-state index in [2.05, 4.69) is 27.8 Å². The van der Waals surface area contributed by atoms with Crippen LogP contribution in [0.5, 0.6) is 0 Å². The molecule has 1 aromatic heterocycles. The van der Waals surface area contributed by atoms with Gasteiger partial charge in [-0.05, 0) is 28.4 Å². The van der Waals surface area contributed by atoms with Crippen LogP contribution in [0, 0.1) is 0 Å². The van der Waals surface area contributed by atoms with Gasteiger partial charge in [-0.25, -0.2) is 0 Å². The number of rotatable bonds is 5. The molecular formula is C12H18BrN3O. The number of hydrogen-bond acceptors (Lipinski definition) is 3. The Bertz CT molecular complexity index is 382. The van der Waals surface area contributed by atoms with E-state index in [4.69, 9.17) is 0 Å². The van der Waals surface area contributed by atoms with Crippen LogP contribution in [0.1, 0.15) is 13.3 Å². The van der Waals surface area contributed by atoms with Gasteiger partial charge in [0.2, 0.25) is 5.91 Å². The first-order valence-corrected chi connectivity index (χ1v) is 6.39. The molecule has 0 radical (unpaired) electrons. The molecule has 0 aliphatic carbocycles. The Labute approximate surface area is 111 Å². The van der Waals surface area contributed by atoms with Crippen LogP contribution in [0.2, 0.25) is 0 Å². The molecule has 94 valence electrons. The Morgan fingerprint density at radius 1 is 1.41 bits per heavy atom. The number of likely N-dealkylation sites (N-methyl/N-ethyl adjacent to an activating group) is 1. The third-order valence-corrected chi connectivity index (χ3v) is 2.81. The van der Waals surface area contributed by atoms with Crippen molar-refractivity contribution in [1.82, 2.24) is 9.88 Å². The molecular weight excluding hydrogens is 282 g/mol. The van der Waals surface area contributed by atoms with Crippen molar-refractivity contribution < 1.29 is 4.79 Å². The van der Waals surface area contributed by atoms with E-state index in [1.54, 1.807) is 31.4 Å². The predicted molar refractivity (Wildman–Crippen MR) is 73.1 cm³/mol. The lowest BCUT2D eigenvalue weighted by molar-refractivity contribution is -0.127. The van der Waals surface area contributed by atoms with Gasteiger partial charge < -0.3 is 9.80 Å². The first-order chi connectivity index (χ1) is 8.04. The van der Waals surface area contributed by atoms with Crippen molar-refractivity contribution in [1.29, 1.82) is 0 Å². The largest absolute Gasteiger partial charge is 0.361 e. The van der Waals surface area contributed by atoms with Gasteiger partial charge in [0.1, 0.15) is 0 Å². The van der Waals surface area contributed by atoms with Crippen LogP contribution in [0.15, 0.2) is 22.9 Å². The van der Waals surface area contributed by atoms with E-state index in [0.717, 1.165) is 23.1 Å². The normalized spacial score (nSPS) is 10.1. The molecule has 0 fully saturated rings. The molecule has 4 nitrogen and oxygen atoms in total. The molecule has 0 bridgehead atoms. The lowest BCUT2D eigenvalue weighted by Crippen LogP contribution is -2.37. The van der Waals surface area contributed by atoms with Gasteiger partial charge in [-0.15, -0.1) is 0 Å². The topological polar surface area (TPSA) is 36.4 Å². The quantitative estimate of drug-likeness (QED) is 0.836. The Hall–Kier alpha value is -1.10. The van der Waals surface area contributed by atoms with Crippen LogP contribution < -0.4 is 4.90 Å². The number of hydrogen-bond donors (Lipinski definition) is 0. The number of aromatic nitrogens is 1. The summed E-state index contributed by atoms with van der Waals surface area (Å²) in [6.07, 6.45) is 4.51. The van der Waals surface area contributed by atoms with Crippen molar-refractivity contribution >= 4 is 27.5 Å². The van der Waals surface area contributed by atoms with Crippen molar-refractivity contribution in [3.8, 4) is 0 Å². The molecule has 0 aliphatic heterocycles. The van der Waals surface area contributed by atoms with E-state index in [1.807, 2.05) is 11.0 Å². The smallest absolute Gasteiger partial charge is 0.241 e. The zero-order valence-electron chi connectivity index (χ0n) is 10.5. The zero-order valence-corrected chi connectivity index (χ0v) is 12.1. The molecule has 1 rings (SSSR count). The van der Waals surface area contributed by atoms with Gasteiger partial charge in [-0.2, -0.15) is 0 Å². The van der Waals surface area contributed by atoms with E-state index >= 15 is 0 Å². The summed E-state index contributed by atoms with van der Waals surface area (Å²) in [5, 5.41) is 0. The van der Waals surface area contributed by atoms with E-state index in [1.165, 1.54) is 0 Å². The van der Waals surface area contributed by atoms with Crippen LogP contribution in [0.4, 0.5) is 5.69 Å². The monoisotopic (exact) mass is 299 g/mol. The SMILES string of the molecule is CCCN(CC(=O)N(C)C)c1cncc(Br)c1. The first-order valence-electron chi connectivity index (χ1n) is 5.60. The average Bonchev–Trinajstić information content (AvgIpc) is 2.28. The van der Waals surface area contributed by atoms with Gasteiger partial charge in [0.15, 0.2) is 0 Å². The van der Waals surface area contributed by atoms with Crippen LogP contribution in [0.25, 0.3) is 0 Å². The van der Waals surface area contributed by atoms with Gasteiger partial charge >= 0.3 is 0 Å². The Balaban J connectivity index is 2.82. The molecule has 0 aliphatic rings. The maximum Gasteiger partial charge on any atom is 0.241 e. The Morgan fingerprint density at radius 2 is 2.12 bits per heavy atom. The van der Waals surface area contributed by atoms with E-state index < -0.39 is 0 Å². The highest BCUT2D eigenvalue weighted by atomic mass is 79.9. The molecule has 1 heterocycles. The van der Waals surface area contributed by atoms with Crippen molar-refractivity contribution in [3.05, 3.63) is 22.9 Å². The maximum absolute atomic E-state index is 11.7. The van der Waals surface area contributed by atoms with E-state index in [0.29, 0.717) is 6.54 Å². The standard InChI is InChI=1S/C12H18BrN3O/c1-4-5-16(9-12(17)15(2)3)11-6-10(13)7-14-8-11/h6-8H,4-5,9H2,1-3H3. The third kappa shape index (κ3) is 4.34. The summed E-state index contributed by atoms with van der Waals surface area (Å²) in [6, 6.07) is 1.98. The summed E-state index contributed by atoms with van der Waals surface area (Å²) in [5.41, 5.74) is 0.969. The molecule has 0 unspecified atom stereocenters. The number of nitrogens with zero attached hydrogens (tertiary/aromatic N) is 3. The summed E-state index contributed by atoms with van der Waals surface area (Å²) in [5.74, 6) is 0.0958. The molecule has 1 aromatic rings. The first kappa shape index (κ1) is 14.0. The zero-order chi connectivity index (χ0) is 12.8. The Morgan fingerprint density at radius 3 is 2.65 bits per heavy atom. The summed E-state index contributed by atoms with van der Waals surface area (Å²) in [7, 11) is 3.54. The van der Waals surface area contributed by atoms with Crippen LogP contribution >= 0.6 is 15.9 Å². The maximum atomic E-state index is 11.7. The van der Waals surface area contributed by atoms with Crippen LogP contribution in [-0.2, 0) is 4.79 Å². The number of carbonyl (C=O) groups is 1. The highest BCUT2D eigenvalue weighted by molar-refractivity contribution is 9.10. The minimum absolute atomic E-state index is 0.0958. The van der Waals surface area contributed by atoms with Gasteiger partial charge in [0.05, 0.1) is 18.4 Å². The molecule has 17 heavy (non-hydrogen) atoms. The summed E-state index contributed by atoms with van der Waals surface area (Å²) < 4.78 is 0.924. The fourth-order valence-electron chi connectivity index (χ4n) is 1.45. The second-order valence-electron chi connectivity index (χ2n) is 4.07. The highest BCUT2D eigenvalue weighted by Gasteiger charge is 2.12. The van der Waals surface area contributed by atoms with Crippen molar-refractivity contribution in [3.63, 3.8) is 0 Å². The summed E-state index contributed by atoms with van der Waals surface area (Å²) >= 11 is 3.39. The molecule has 0 saturated heterocycles. The van der Waals surface area contributed by atoms with Crippen LogP contribution in [-0.4, -0.2) is 43.0 Å². The number of anilines is 1. The second kappa shape index (κ2) is 6.59. The minimum atomic E-state index is 0.0958. The van der Waals surface area contributed by atoms with E-state index in [-0.39, 0.29) is 5.91 Å². The Kier molecular flexibility index (Phi) is 5.41. The van der Waals surface area contributed by atoms with Crippen molar-refractivity contribution in [2.45, 2.75) is 13.3 Å². The fraction of sp³-hybridized carbons (Fsp3) is 0.500. The number of pyridine rings is 1. The third-order valence-electron chi connectivity index (χ3n) is 2.37. The van der Waals surface area contributed by atoms with Crippen LogP contribution in [0.3, 0.4) is 0 Å². The second-order valence-corrected chi connectivity index (χ2v) is 4.99. The molecule has 1 amide bonds. The van der Waals surface area contributed by atoms with Crippen molar-refractivity contribution in [2.75, 3.05) is 32.1 Å². The minimum Gasteiger partial charge on any atom is -0.361 e. The molecule has 0 atom stereocenters. The number of halogens is 1. The molecule has 0 N–H and O–H groups in total. The molecule has 0 spiro atoms. The molecule has 0 saturated carbocycles. The van der Waals surface area contributed by atoms with Crippen molar-refractivity contribution in [2.24, 2.45) is 0 Å².